The number of nitrogens with zero attached hydrogens (tertiary/aromatic N) is 2. The second kappa shape index (κ2) is 7.21. The molecule has 7 heteroatoms. The van der Waals surface area contributed by atoms with E-state index in [0.717, 1.165) is 0 Å². The van der Waals surface area contributed by atoms with E-state index in [9.17, 15) is 9.59 Å². The van der Waals surface area contributed by atoms with Gasteiger partial charge in [0.15, 0.2) is 0 Å². The SMILES string of the molecule is COc1ccc(C(=O)N2CCN(C(=O)OC(C)(C)C)C(C)C2)cc1N. The van der Waals surface area contributed by atoms with Gasteiger partial charge in [-0.25, -0.2) is 4.79 Å². The van der Waals surface area contributed by atoms with Crippen LogP contribution in [0.4, 0.5) is 10.5 Å². The molecular formula is C18H27N3O4. The minimum Gasteiger partial charge on any atom is -0.495 e. The summed E-state index contributed by atoms with van der Waals surface area (Å²) in [6.45, 7) is 8.76. The number of hydrogen-bond donors (Lipinski definition) is 1. The van der Waals surface area contributed by atoms with Crippen molar-refractivity contribution in [3.63, 3.8) is 0 Å². The number of anilines is 1. The lowest BCUT2D eigenvalue weighted by atomic mass is 10.1. The van der Waals surface area contributed by atoms with Crippen molar-refractivity contribution < 1.29 is 19.1 Å². The van der Waals surface area contributed by atoms with Crippen LogP contribution in [-0.2, 0) is 4.74 Å². The maximum atomic E-state index is 12.7. The fourth-order valence-corrected chi connectivity index (χ4v) is 2.78. The summed E-state index contributed by atoms with van der Waals surface area (Å²) in [5.41, 5.74) is 6.28. The van der Waals surface area contributed by atoms with Gasteiger partial charge in [-0.2, -0.15) is 0 Å². The third kappa shape index (κ3) is 4.55. The number of nitrogens with two attached hydrogens (primary N) is 1. The molecule has 138 valence electrons. The van der Waals surface area contributed by atoms with Crippen LogP contribution in [-0.4, -0.2) is 60.2 Å². The highest BCUT2D eigenvalue weighted by Crippen LogP contribution is 2.23. The molecule has 2 N–H and O–H groups in total. The first-order chi connectivity index (χ1) is 11.6. The molecule has 1 aromatic carbocycles. The Bertz CT molecular complexity index is 654. The number of methoxy groups -OCH3 is 1. The molecule has 0 spiro atoms. The van der Waals surface area contributed by atoms with Crippen LogP contribution in [0.1, 0.15) is 38.1 Å². The lowest BCUT2D eigenvalue weighted by Crippen LogP contribution is -2.56. The first kappa shape index (κ1) is 18.9. The third-order valence-corrected chi connectivity index (χ3v) is 4.02. The van der Waals surface area contributed by atoms with E-state index in [1.165, 1.54) is 7.11 Å². The first-order valence-electron chi connectivity index (χ1n) is 8.35. The average molecular weight is 349 g/mol. The van der Waals surface area contributed by atoms with Gasteiger partial charge < -0.3 is 25.0 Å². The number of carbonyl (C=O) groups excluding carboxylic acids is 2. The van der Waals surface area contributed by atoms with Crippen molar-refractivity contribution in [2.45, 2.75) is 39.3 Å². The second-order valence-corrected chi connectivity index (χ2v) is 7.23. The van der Waals surface area contributed by atoms with Crippen LogP contribution in [0.5, 0.6) is 5.75 Å². The van der Waals surface area contributed by atoms with E-state index in [2.05, 4.69) is 0 Å². The van der Waals surface area contributed by atoms with Crippen molar-refractivity contribution in [1.29, 1.82) is 0 Å². The van der Waals surface area contributed by atoms with Crippen LogP contribution >= 0.6 is 0 Å². The summed E-state index contributed by atoms with van der Waals surface area (Å²) >= 11 is 0. The minimum absolute atomic E-state index is 0.106. The van der Waals surface area contributed by atoms with E-state index in [1.807, 2.05) is 27.7 Å². The molecule has 7 nitrogen and oxygen atoms in total. The molecular weight excluding hydrogens is 322 g/mol. The number of hydrogen-bond acceptors (Lipinski definition) is 5. The number of rotatable bonds is 2. The van der Waals surface area contributed by atoms with E-state index in [1.54, 1.807) is 28.0 Å². The molecule has 1 aromatic rings. The van der Waals surface area contributed by atoms with Gasteiger partial charge in [0.1, 0.15) is 11.4 Å². The molecule has 1 aliphatic rings. The maximum absolute atomic E-state index is 12.7. The monoisotopic (exact) mass is 349 g/mol. The number of benzene rings is 1. The molecule has 1 aliphatic heterocycles. The maximum Gasteiger partial charge on any atom is 0.410 e. The zero-order valence-corrected chi connectivity index (χ0v) is 15.5. The van der Waals surface area contributed by atoms with Gasteiger partial charge in [0.05, 0.1) is 12.8 Å². The standard InChI is InChI=1S/C18H27N3O4/c1-12-11-20(8-9-21(12)17(23)25-18(2,3)4)16(22)13-6-7-15(24-5)14(19)10-13/h6-7,10,12H,8-9,11,19H2,1-5H3. The number of piperazine rings is 1. The van der Waals surface area contributed by atoms with Crippen molar-refractivity contribution >= 4 is 17.7 Å². The van der Waals surface area contributed by atoms with Gasteiger partial charge in [0.2, 0.25) is 0 Å². The predicted molar refractivity (Wildman–Crippen MR) is 95.7 cm³/mol. The molecule has 1 unspecified atom stereocenters. The predicted octanol–water partition coefficient (Wildman–Crippen LogP) is 2.36. The number of amides is 2. The van der Waals surface area contributed by atoms with E-state index < -0.39 is 5.60 Å². The van der Waals surface area contributed by atoms with Gasteiger partial charge in [-0.3, -0.25) is 4.79 Å². The Morgan fingerprint density at radius 3 is 2.44 bits per heavy atom. The average Bonchev–Trinajstić information content (AvgIpc) is 2.52. The van der Waals surface area contributed by atoms with Crippen LogP contribution in [0, 0.1) is 0 Å². The molecule has 25 heavy (non-hydrogen) atoms. The molecule has 0 aliphatic carbocycles. The van der Waals surface area contributed by atoms with Crippen LogP contribution in [0.3, 0.4) is 0 Å². The topological polar surface area (TPSA) is 85.1 Å². The number of ether oxygens (including phenoxy) is 2. The summed E-state index contributed by atoms with van der Waals surface area (Å²) in [4.78, 5) is 28.3. The first-order valence-corrected chi connectivity index (χ1v) is 8.35. The fraction of sp³-hybridized carbons (Fsp3) is 0.556. The molecule has 2 rings (SSSR count). The Hall–Kier alpha value is -2.44. The smallest absolute Gasteiger partial charge is 0.410 e. The Morgan fingerprint density at radius 1 is 1.24 bits per heavy atom. The van der Waals surface area contributed by atoms with Gasteiger partial charge in [0.25, 0.3) is 5.91 Å². The highest BCUT2D eigenvalue weighted by molar-refractivity contribution is 5.95. The Labute approximate surface area is 148 Å². The Morgan fingerprint density at radius 2 is 1.92 bits per heavy atom. The molecule has 1 fully saturated rings. The molecule has 0 radical (unpaired) electrons. The summed E-state index contributed by atoms with van der Waals surface area (Å²) in [6.07, 6.45) is -0.346. The minimum atomic E-state index is -0.537. The zero-order chi connectivity index (χ0) is 18.8. The molecule has 1 heterocycles. The molecule has 0 bridgehead atoms. The van der Waals surface area contributed by atoms with Crippen LogP contribution in [0.2, 0.25) is 0 Å². The second-order valence-electron chi connectivity index (χ2n) is 7.23. The quantitative estimate of drug-likeness (QED) is 0.829. The Kier molecular flexibility index (Phi) is 5.45. The molecule has 1 atom stereocenters. The van der Waals surface area contributed by atoms with Crippen LogP contribution < -0.4 is 10.5 Å². The normalized spacial score (nSPS) is 18.0. The molecule has 2 amide bonds. The Balaban J connectivity index is 2.03. The van der Waals surface area contributed by atoms with E-state index >= 15 is 0 Å². The van der Waals surface area contributed by atoms with Crippen molar-refractivity contribution in [2.24, 2.45) is 0 Å². The summed E-state index contributed by atoms with van der Waals surface area (Å²) in [7, 11) is 1.53. The molecule has 0 saturated carbocycles. The summed E-state index contributed by atoms with van der Waals surface area (Å²) < 4.78 is 10.5. The third-order valence-electron chi connectivity index (χ3n) is 4.02. The van der Waals surface area contributed by atoms with Gasteiger partial charge in [0, 0.05) is 31.2 Å². The van der Waals surface area contributed by atoms with E-state index in [4.69, 9.17) is 15.2 Å². The van der Waals surface area contributed by atoms with Gasteiger partial charge >= 0.3 is 6.09 Å². The lowest BCUT2D eigenvalue weighted by molar-refractivity contribution is 0.00198. The van der Waals surface area contributed by atoms with Gasteiger partial charge in [-0.1, -0.05) is 0 Å². The highest BCUT2D eigenvalue weighted by Gasteiger charge is 2.32. The van der Waals surface area contributed by atoms with Crippen LogP contribution in [0.25, 0.3) is 0 Å². The molecule has 1 saturated heterocycles. The highest BCUT2D eigenvalue weighted by atomic mass is 16.6. The number of carbonyl (C=O) groups is 2. The lowest BCUT2D eigenvalue weighted by Gasteiger charge is -2.40. The molecule has 0 aromatic heterocycles. The zero-order valence-electron chi connectivity index (χ0n) is 15.5. The van der Waals surface area contributed by atoms with Crippen molar-refractivity contribution in [1.82, 2.24) is 9.80 Å². The largest absolute Gasteiger partial charge is 0.495 e. The fourth-order valence-electron chi connectivity index (χ4n) is 2.78. The van der Waals surface area contributed by atoms with Crippen LogP contribution in [0.15, 0.2) is 18.2 Å². The summed E-state index contributed by atoms with van der Waals surface area (Å²) in [6, 6.07) is 4.88. The van der Waals surface area contributed by atoms with Crippen molar-refractivity contribution in [3.8, 4) is 5.75 Å². The van der Waals surface area contributed by atoms with Crippen molar-refractivity contribution in [2.75, 3.05) is 32.5 Å². The van der Waals surface area contributed by atoms with Crippen molar-refractivity contribution in [3.05, 3.63) is 23.8 Å². The van der Waals surface area contributed by atoms with E-state index in [-0.39, 0.29) is 18.0 Å². The summed E-state index contributed by atoms with van der Waals surface area (Å²) in [5.74, 6) is 0.435. The van der Waals surface area contributed by atoms with E-state index in [0.29, 0.717) is 36.6 Å². The van der Waals surface area contributed by atoms with Gasteiger partial charge in [-0.15, -0.1) is 0 Å². The van der Waals surface area contributed by atoms with Gasteiger partial charge in [-0.05, 0) is 45.9 Å². The number of nitrogen functional groups attached to an aromatic ring is 1. The summed E-state index contributed by atoms with van der Waals surface area (Å²) in [5, 5.41) is 0.